The van der Waals surface area contributed by atoms with E-state index in [0.29, 0.717) is 5.92 Å². The molecule has 1 saturated heterocycles. The third-order valence-corrected chi connectivity index (χ3v) is 4.53. The Bertz CT molecular complexity index is 695. The van der Waals surface area contributed by atoms with Crippen molar-refractivity contribution in [2.45, 2.75) is 12.3 Å². The van der Waals surface area contributed by atoms with Crippen molar-refractivity contribution in [1.29, 1.82) is 0 Å². The summed E-state index contributed by atoms with van der Waals surface area (Å²) in [5.74, 6) is 1.66. The van der Waals surface area contributed by atoms with Crippen molar-refractivity contribution in [3.8, 4) is 10.6 Å². The smallest absolute Gasteiger partial charge is 0.118 e. The Labute approximate surface area is 115 Å². The molecule has 1 atom stereocenters. The van der Waals surface area contributed by atoms with E-state index in [4.69, 9.17) is 4.98 Å². The Kier molecular flexibility index (Phi) is 2.60. The Hall–Kier alpha value is -1.72. The Morgan fingerprint density at radius 2 is 2.42 bits per heavy atom. The molecule has 5 heteroatoms. The van der Waals surface area contributed by atoms with Crippen LogP contribution < -0.4 is 5.32 Å². The molecule has 1 aliphatic rings. The lowest BCUT2D eigenvalue weighted by Crippen LogP contribution is -2.10. The largest absolute Gasteiger partial charge is 0.316 e. The van der Waals surface area contributed by atoms with Gasteiger partial charge in [-0.1, -0.05) is 6.07 Å². The average Bonchev–Trinajstić information content (AvgIpc) is 3.18. The Morgan fingerprint density at radius 3 is 3.21 bits per heavy atom. The zero-order valence-corrected chi connectivity index (χ0v) is 11.2. The van der Waals surface area contributed by atoms with Gasteiger partial charge in [-0.2, -0.15) is 0 Å². The van der Waals surface area contributed by atoms with Crippen molar-refractivity contribution in [3.63, 3.8) is 0 Å². The van der Waals surface area contributed by atoms with Gasteiger partial charge in [-0.05, 0) is 24.4 Å². The van der Waals surface area contributed by atoms with Crippen molar-refractivity contribution in [1.82, 2.24) is 19.7 Å². The first-order valence-corrected chi connectivity index (χ1v) is 7.38. The van der Waals surface area contributed by atoms with Crippen LogP contribution in [0.25, 0.3) is 16.1 Å². The molecule has 3 aromatic heterocycles. The van der Waals surface area contributed by atoms with E-state index in [1.165, 1.54) is 4.88 Å². The number of thiophene rings is 1. The van der Waals surface area contributed by atoms with E-state index in [1.54, 1.807) is 11.3 Å². The van der Waals surface area contributed by atoms with Gasteiger partial charge in [0.25, 0.3) is 0 Å². The molecule has 0 spiro atoms. The van der Waals surface area contributed by atoms with Gasteiger partial charge in [-0.3, -0.25) is 9.38 Å². The zero-order chi connectivity index (χ0) is 12.7. The van der Waals surface area contributed by atoms with Crippen LogP contribution in [0, 0.1) is 0 Å². The number of aromatic nitrogens is 3. The number of nitrogens with zero attached hydrogens (tertiary/aromatic N) is 3. The first kappa shape index (κ1) is 11.1. The summed E-state index contributed by atoms with van der Waals surface area (Å²) < 4.78 is 2.19. The quantitative estimate of drug-likeness (QED) is 0.778. The Morgan fingerprint density at radius 1 is 1.42 bits per heavy atom. The van der Waals surface area contributed by atoms with Gasteiger partial charge in [0, 0.05) is 24.9 Å². The van der Waals surface area contributed by atoms with Gasteiger partial charge in [0.05, 0.1) is 16.6 Å². The molecule has 0 saturated carbocycles. The Balaban J connectivity index is 1.94. The van der Waals surface area contributed by atoms with Crippen LogP contribution >= 0.6 is 11.3 Å². The van der Waals surface area contributed by atoms with Gasteiger partial charge in [0.1, 0.15) is 11.5 Å². The van der Waals surface area contributed by atoms with E-state index < -0.39 is 0 Å². The van der Waals surface area contributed by atoms with Gasteiger partial charge in [-0.25, -0.2) is 4.98 Å². The highest BCUT2D eigenvalue weighted by Crippen LogP contribution is 2.31. The maximum Gasteiger partial charge on any atom is 0.118 e. The molecule has 1 N–H and O–H groups in total. The molecule has 0 amide bonds. The lowest BCUT2D eigenvalue weighted by molar-refractivity contribution is 0.698. The topological polar surface area (TPSA) is 42.2 Å². The summed E-state index contributed by atoms with van der Waals surface area (Å²) in [6, 6.07) is 4.19. The summed E-state index contributed by atoms with van der Waals surface area (Å²) >= 11 is 1.73. The fourth-order valence-corrected chi connectivity index (χ4v) is 3.44. The van der Waals surface area contributed by atoms with Crippen molar-refractivity contribution >= 4 is 16.9 Å². The number of hydrogen-bond donors (Lipinski definition) is 1. The normalized spacial score (nSPS) is 19.3. The first-order chi connectivity index (χ1) is 9.43. The van der Waals surface area contributed by atoms with Crippen molar-refractivity contribution in [3.05, 3.63) is 41.9 Å². The lowest BCUT2D eigenvalue weighted by atomic mass is 10.1. The fourth-order valence-electron chi connectivity index (χ4n) is 2.72. The van der Waals surface area contributed by atoms with Gasteiger partial charge < -0.3 is 5.32 Å². The van der Waals surface area contributed by atoms with E-state index in [2.05, 4.69) is 32.2 Å². The highest BCUT2D eigenvalue weighted by molar-refractivity contribution is 7.13. The molecule has 4 nitrogen and oxygen atoms in total. The summed E-state index contributed by atoms with van der Waals surface area (Å²) in [7, 11) is 0. The average molecular weight is 270 g/mol. The highest BCUT2D eigenvalue weighted by atomic mass is 32.1. The zero-order valence-electron chi connectivity index (χ0n) is 10.4. The maximum absolute atomic E-state index is 4.91. The monoisotopic (exact) mass is 270 g/mol. The number of rotatable bonds is 2. The van der Waals surface area contributed by atoms with Gasteiger partial charge in [0.2, 0.25) is 0 Å². The van der Waals surface area contributed by atoms with Gasteiger partial charge in [0.15, 0.2) is 0 Å². The predicted octanol–water partition coefficient (Wildman–Crippen LogP) is 2.53. The minimum absolute atomic E-state index is 0.503. The SMILES string of the molecule is c1csc(-c2nc(C3CCNC3)n3ccncc23)c1. The molecule has 96 valence electrons. The van der Waals surface area contributed by atoms with Crippen molar-refractivity contribution < 1.29 is 0 Å². The van der Waals surface area contributed by atoms with Crippen LogP contribution in [-0.2, 0) is 0 Å². The second-order valence-corrected chi connectivity index (χ2v) is 5.76. The number of hydrogen-bond acceptors (Lipinski definition) is 4. The molecule has 19 heavy (non-hydrogen) atoms. The van der Waals surface area contributed by atoms with Crippen LogP contribution in [0.2, 0.25) is 0 Å². The second-order valence-electron chi connectivity index (χ2n) is 4.82. The van der Waals surface area contributed by atoms with E-state index in [1.807, 2.05) is 18.6 Å². The number of imidazole rings is 1. The lowest BCUT2D eigenvalue weighted by Gasteiger charge is -2.06. The minimum atomic E-state index is 0.503. The summed E-state index contributed by atoms with van der Waals surface area (Å²) in [6.07, 6.45) is 6.92. The van der Waals surface area contributed by atoms with Gasteiger partial charge in [-0.15, -0.1) is 11.3 Å². The summed E-state index contributed by atoms with van der Waals surface area (Å²) in [5.41, 5.74) is 2.16. The van der Waals surface area contributed by atoms with Crippen LogP contribution in [0.15, 0.2) is 36.1 Å². The van der Waals surface area contributed by atoms with Crippen molar-refractivity contribution in [2.75, 3.05) is 13.1 Å². The van der Waals surface area contributed by atoms with Crippen LogP contribution in [0.4, 0.5) is 0 Å². The van der Waals surface area contributed by atoms with E-state index in [0.717, 1.165) is 36.5 Å². The fraction of sp³-hybridized carbons (Fsp3) is 0.286. The third-order valence-electron chi connectivity index (χ3n) is 3.65. The molecule has 4 rings (SSSR count). The van der Waals surface area contributed by atoms with Crippen LogP contribution in [0.5, 0.6) is 0 Å². The highest BCUT2D eigenvalue weighted by Gasteiger charge is 2.23. The molecule has 4 heterocycles. The van der Waals surface area contributed by atoms with Gasteiger partial charge >= 0.3 is 0 Å². The first-order valence-electron chi connectivity index (χ1n) is 6.50. The number of nitrogens with one attached hydrogen (secondary N) is 1. The van der Waals surface area contributed by atoms with Crippen LogP contribution in [-0.4, -0.2) is 27.5 Å². The minimum Gasteiger partial charge on any atom is -0.316 e. The molecular weight excluding hydrogens is 256 g/mol. The second kappa shape index (κ2) is 4.43. The molecular formula is C14H14N4S. The van der Waals surface area contributed by atoms with E-state index >= 15 is 0 Å². The predicted molar refractivity (Wildman–Crippen MR) is 76.5 cm³/mol. The third kappa shape index (κ3) is 1.77. The molecule has 0 bridgehead atoms. The molecule has 0 radical (unpaired) electrons. The van der Waals surface area contributed by atoms with E-state index in [9.17, 15) is 0 Å². The summed E-state index contributed by atoms with van der Waals surface area (Å²) in [5, 5.41) is 5.50. The van der Waals surface area contributed by atoms with Crippen molar-refractivity contribution in [2.24, 2.45) is 0 Å². The maximum atomic E-state index is 4.91. The summed E-state index contributed by atoms with van der Waals surface area (Å²) in [4.78, 5) is 10.4. The molecule has 1 aliphatic heterocycles. The number of fused-ring (bicyclic) bond motifs is 1. The van der Waals surface area contributed by atoms with Crippen LogP contribution in [0.1, 0.15) is 18.2 Å². The molecule has 1 fully saturated rings. The molecule has 0 aliphatic carbocycles. The molecule has 0 aromatic carbocycles. The molecule has 1 unspecified atom stereocenters. The van der Waals surface area contributed by atoms with Crippen LogP contribution in [0.3, 0.4) is 0 Å². The standard InChI is InChI=1S/C14H14N4S/c1-2-12(19-7-1)13-11-9-16-5-6-18(11)14(17-13)10-3-4-15-8-10/h1-2,5-7,9-10,15H,3-4,8H2. The summed E-state index contributed by atoms with van der Waals surface area (Å²) in [6.45, 7) is 2.10. The molecule has 3 aromatic rings. The van der Waals surface area contributed by atoms with E-state index in [-0.39, 0.29) is 0 Å².